The summed E-state index contributed by atoms with van der Waals surface area (Å²) in [5.41, 5.74) is 11.3. The normalized spacial score (nSPS) is 9.17. The molecule has 5 nitrogen and oxygen atoms in total. The summed E-state index contributed by atoms with van der Waals surface area (Å²) >= 11 is 17.5. The van der Waals surface area contributed by atoms with Gasteiger partial charge in [0.05, 0.1) is 26.4 Å². The first-order valence-electron chi connectivity index (χ1n) is 4.42. The van der Waals surface area contributed by atoms with Crippen LogP contribution >= 0.6 is 34.8 Å². The van der Waals surface area contributed by atoms with Gasteiger partial charge in [0.15, 0.2) is 5.57 Å². The van der Waals surface area contributed by atoms with Crippen LogP contribution in [0.5, 0.6) is 0 Å². The van der Waals surface area contributed by atoms with E-state index < -0.39 is 0 Å². The molecular weight excluding hydrogens is 297 g/mol. The van der Waals surface area contributed by atoms with Crippen LogP contribution in [0, 0.1) is 22.7 Å². The van der Waals surface area contributed by atoms with Crippen LogP contribution in [0.15, 0.2) is 17.5 Å². The van der Waals surface area contributed by atoms with E-state index in [9.17, 15) is 0 Å². The molecule has 0 fully saturated rings. The second-order valence-electron chi connectivity index (χ2n) is 3.08. The standard InChI is InChI=1S/C10H6Cl3N5/c11-5-1-6(9(16)8(13)7(5)12)18-10(17)4(2-14)3-15/h1,18H,16-17H2. The number of nitrogens with two attached hydrogens (primary N) is 2. The topological polar surface area (TPSA) is 112 Å². The zero-order valence-electron chi connectivity index (χ0n) is 8.76. The summed E-state index contributed by atoms with van der Waals surface area (Å²) in [4.78, 5) is 0. The van der Waals surface area contributed by atoms with Crippen LogP contribution < -0.4 is 16.8 Å². The maximum atomic E-state index is 8.64. The molecule has 0 amide bonds. The van der Waals surface area contributed by atoms with Crippen molar-refractivity contribution in [3.63, 3.8) is 0 Å². The monoisotopic (exact) mass is 301 g/mol. The van der Waals surface area contributed by atoms with E-state index in [2.05, 4.69) is 5.32 Å². The van der Waals surface area contributed by atoms with Crippen molar-refractivity contribution < 1.29 is 0 Å². The lowest BCUT2D eigenvalue weighted by Crippen LogP contribution is -2.13. The van der Waals surface area contributed by atoms with Gasteiger partial charge in [0, 0.05) is 0 Å². The Bertz CT molecular complexity index is 593. The number of nitriles is 2. The lowest BCUT2D eigenvalue weighted by molar-refractivity contribution is 1.27. The fourth-order valence-corrected chi connectivity index (χ4v) is 1.68. The minimum absolute atomic E-state index is 0.0648. The summed E-state index contributed by atoms with van der Waals surface area (Å²) in [5.74, 6) is -0.152. The molecule has 0 heterocycles. The van der Waals surface area contributed by atoms with Crippen LogP contribution in [0.4, 0.5) is 11.4 Å². The fraction of sp³-hybridized carbons (Fsp3) is 0. The minimum atomic E-state index is -0.281. The van der Waals surface area contributed by atoms with E-state index in [1.54, 1.807) is 12.1 Å². The smallest absolute Gasteiger partial charge is 0.169 e. The quantitative estimate of drug-likeness (QED) is 0.442. The van der Waals surface area contributed by atoms with Gasteiger partial charge in [-0.1, -0.05) is 34.8 Å². The fourth-order valence-electron chi connectivity index (χ4n) is 1.07. The number of rotatable bonds is 2. The van der Waals surface area contributed by atoms with Gasteiger partial charge < -0.3 is 16.8 Å². The molecule has 1 aromatic rings. The molecular formula is C10H6Cl3N5. The maximum Gasteiger partial charge on any atom is 0.169 e. The number of nitrogens with one attached hydrogen (secondary N) is 1. The summed E-state index contributed by atoms with van der Waals surface area (Å²) in [5, 5.41) is 20.2. The Hall–Kier alpha value is -1.79. The highest BCUT2D eigenvalue weighted by Crippen LogP contribution is 2.39. The van der Waals surface area contributed by atoms with E-state index in [-0.39, 0.29) is 37.8 Å². The van der Waals surface area contributed by atoms with Crippen molar-refractivity contribution in [1.29, 1.82) is 10.5 Å². The molecule has 0 saturated carbocycles. The van der Waals surface area contributed by atoms with E-state index in [1.165, 1.54) is 6.07 Å². The Kier molecular flexibility index (Phi) is 4.52. The van der Waals surface area contributed by atoms with E-state index in [1.807, 2.05) is 0 Å². The molecule has 8 heteroatoms. The van der Waals surface area contributed by atoms with Gasteiger partial charge in [-0.2, -0.15) is 10.5 Å². The summed E-state index contributed by atoms with van der Waals surface area (Å²) in [7, 11) is 0. The van der Waals surface area contributed by atoms with Gasteiger partial charge in [-0.3, -0.25) is 0 Å². The average Bonchev–Trinajstić information content (AvgIpc) is 2.35. The Labute approximate surface area is 118 Å². The SMILES string of the molecule is N#CC(C#N)=C(N)Nc1cc(Cl)c(Cl)c(Cl)c1N. The second kappa shape index (κ2) is 5.70. The van der Waals surface area contributed by atoms with Crippen LogP contribution in [0.2, 0.25) is 15.1 Å². The molecule has 18 heavy (non-hydrogen) atoms. The van der Waals surface area contributed by atoms with Gasteiger partial charge >= 0.3 is 0 Å². The van der Waals surface area contributed by atoms with Crippen LogP contribution in [-0.4, -0.2) is 0 Å². The Morgan fingerprint density at radius 1 is 1.17 bits per heavy atom. The van der Waals surface area contributed by atoms with Crippen molar-refractivity contribution in [2.45, 2.75) is 0 Å². The molecule has 5 N–H and O–H groups in total. The predicted molar refractivity (Wildman–Crippen MR) is 71.9 cm³/mol. The van der Waals surface area contributed by atoms with Crippen molar-refractivity contribution in [2.24, 2.45) is 5.73 Å². The van der Waals surface area contributed by atoms with Gasteiger partial charge in [-0.05, 0) is 6.07 Å². The summed E-state index contributed by atoms with van der Waals surface area (Å²) in [6, 6.07) is 4.65. The Morgan fingerprint density at radius 2 is 1.72 bits per heavy atom. The minimum Gasteiger partial charge on any atom is -0.396 e. The highest BCUT2D eigenvalue weighted by atomic mass is 35.5. The first kappa shape index (κ1) is 14.3. The number of nitrogens with zero attached hydrogens (tertiary/aromatic N) is 2. The van der Waals surface area contributed by atoms with Crippen LogP contribution in [0.1, 0.15) is 0 Å². The molecule has 0 aliphatic carbocycles. The molecule has 0 radical (unpaired) electrons. The number of halogens is 3. The largest absolute Gasteiger partial charge is 0.396 e. The van der Waals surface area contributed by atoms with Crippen molar-refractivity contribution in [3.8, 4) is 12.1 Å². The van der Waals surface area contributed by atoms with E-state index in [0.29, 0.717) is 0 Å². The zero-order chi connectivity index (χ0) is 13.9. The summed E-state index contributed by atoms with van der Waals surface area (Å²) < 4.78 is 0. The van der Waals surface area contributed by atoms with Crippen molar-refractivity contribution in [3.05, 3.63) is 32.5 Å². The highest BCUT2D eigenvalue weighted by Gasteiger charge is 2.13. The number of hydrogen-bond acceptors (Lipinski definition) is 5. The van der Waals surface area contributed by atoms with Gasteiger partial charge in [0.2, 0.25) is 0 Å². The molecule has 92 valence electrons. The molecule has 0 unspecified atom stereocenters. The maximum absolute atomic E-state index is 8.64. The van der Waals surface area contributed by atoms with Crippen LogP contribution in [0.25, 0.3) is 0 Å². The van der Waals surface area contributed by atoms with E-state index >= 15 is 0 Å². The third-order valence-corrected chi connectivity index (χ3v) is 3.24. The van der Waals surface area contributed by atoms with Crippen molar-refractivity contribution in [2.75, 3.05) is 11.1 Å². The number of hydrogen-bond donors (Lipinski definition) is 3. The number of benzene rings is 1. The summed E-state index contributed by atoms with van der Waals surface area (Å²) in [6.07, 6.45) is 0. The lowest BCUT2D eigenvalue weighted by Gasteiger charge is -2.12. The molecule has 0 aromatic heterocycles. The molecule has 1 rings (SSSR count). The number of allylic oxidation sites excluding steroid dienone is 1. The van der Waals surface area contributed by atoms with Crippen LogP contribution in [0.3, 0.4) is 0 Å². The van der Waals surface area contributed by atoms with Gasteiger partial charge in [0.1, 0.15) is 18.0 Å². The molecule has 0 aliphatic heterocycles. The molecule has 1 aromatic carbocycles. The van der Waals surface area contributed by atoms with E-state index in [0.717, 1.165) is 0 Å². The molecule has 0 saturated heterocycles. The number of anilines is 2. The Balaban J connectivity index is 3.28. The lowest BCUT2D eigenvalue weighted by atomic mass is 10.2. The van der Waals surface area contributed by atoms with Gasteiger partial charge in [0.25, 0.3) is 0 Å². The third kappa shape index (κ3) is 2.72. The van der Waals surface area contributed by atoms with E-state index in [4.69, 9.17) is 56.8 Å². The van der Waals surface area contributed by atoms with Crippen LogP contribution in [-0.2, 0) is 0 Å². The third-order valence-electron chi connectivity index (χ3n) is 1.96. The van der Waals surface area contributed by atoms with Crippen molar-refractivity contribution in [1.82, 2.24) is 0 Å². The van der Waals surface area contributed by atoms with Gasteiger partial charge in [-0.15, -0.1) is 0 Å². The zero-order valence-corrected chi connectivity index (χ0v) is 11.0. The highest BCUT2D eigenvalue weighted by molar-refractivity contribution is 6.49. The molecule has 0 aliphatic rings. The molecule has 0 spiro atoms. The molecule has 0 bridgehead atoms. The molecule has 0 atom stereocenters. The average molecular weight is 303 g/mol. The Morgan fingerprint density at radius 3 is 2.22 bits per heavy atom. The van der Waals surface area contributed by atoms with Crippen molar-refractivity contribution >= 4 is 46.2 Å². The summed E-state index contributed by atoms with van der Waals surface area (Å²) in [6.45, 7) is 0. The first-order valence-corrected chi connectivity index (χ1v) is 5.55. The number of nitrogen functional groups attached to an aromatic ring is 1. The van der Waals surface area contributed by atoms with Gasteiger partial charge in [-0.25, -0.2) is 0 Å². The first-order chi connectivity index (χ1) is 8.42. The predicted octanol–water partition coefficient (Wildman–Crippen LogP) is 2.86. The second-order valence-corrected chi connectivity index (χ2v) is 4.25.